The van der Waals surface area contributed by atoms with Crippen molar-refractivity contribution in [2.75, 3.05) is 7.11 Å². The second-order valence-electron chi connectivity index (χ2n) is 6.18. The highest BCUT2D eigenvalue weighted by atomic mass is 19.4. The number of phenolic OH excluding ortho intramolecular Hbond substituents is 1. The summed E-state index contributed by atoms with van der Waals surface area (Å²) in [4.78, 5) is 18.5. The van der Waals surface area contributed by atoms with Crippen LogP contribution in [0.3, 0.4) is 0 Å². The molecule has 1 atom stereocenters. The Hall–Kier alpha value is -3.46. The van der Waals surface area contributed by atoms with Gasteiger partial charge < -0.3 is 14.6 Å². The number of halogens is 6. The molecule has 1 N–H and O–H groups in total. The van der Waals surface area contributed by atoms with E-state index in [0.29, 0.717) is 18.2 Å². The van der Waals surface area contributed by atoms with E-state index in [0.717, 1.165) is 12.1 Å². The third-order valence-electron chi connectivity index (χ3n) is 3.86. The second kappa shape index (κ2) is 10.9. The fourth-order valence-electron chi connectivity index (χ4n) is 2.25. The van der Waals surface area contributed by atoms with Gasteiger partial charge in [0.1, 0.15) is 16.9 Å². The molecule has 0 amide bonds. The Labute approximate surface area is 181 Å². The van der Waals surface area contributed by atoms with Crippen LogP contribution in [-0.4, -0.2) is 28.4 Å². The highest BCUT2D eigenvalue weighted by Gasteiger charge is 2.39. The summed E-state index contributed by atoms with van der Waals surface area (Å²) in [6, 6.07) is 4.50. The number of phenols is 1. The van der Waals surface area contributed by atoms with Gasteiger partial charge in [-0.3, -0.25) is 20.2 Å². The number of nitro groups is 2. The summed E-state index contributed by atoms with van der Waals surface area (Å²) in [7, 11) is 1.39. The van der Waals surface area contributed by atoms with Gasteiger partial charge in [0, 0.05) is 19.2 Å². The van der Waals surface area contributed by atoms with Crippen LogP contribution in [-0.2, 0) is 28.4 Å². The Morgan fingerprint density at radius 2 is 1.36 bits per heavy atom. The topological polar surface area (TPSA) is 125 Å². The van der Waals surface area contributed by atoms with Crippen LogP contribution in [0.5, 0.6) is 5.75 Å². The lowest BCUT2D eigenvalue weighted by Gasteiger charge is -2.12. The highest BCUT2D eigenvalue weighted by Crippen LogP contribution is 2.38. The first-order chi connectivity index (χ1) is 15.1. The molecule has 2 aromatic rings. The average Bonchev–Trinajstić information content (AvgIpc) is 2.70. The van der Waals surface area contributed by atoms with Crippen LogP contribution in [0.1, 0.15) is 23.6 Å². The monoisotopic (exact) mass is 486 g/mol. The first-order valence-corrected chi connectivity index (χ1v) is 8.61. The lowest BCUT2D eigenvalue weighted by atomic mass is 10.1. The summed E-state index contributed by atoms with van der Waals surface area (Å²) in [6.45, 7) is 1.45. The summed E-state index contributed by atoms with van der Waals surface area (Å²) < 4.78 is 84.4. The minimum Gasteiger partial charge on any atom is -0.508 e. The summed E-state index contributed by atoms with van der Waals surface area (Å²) >= 11 is 0. The number of rotatable bonds is 6. The lowest BCUT2D eigenvalue weighted by molar-refractivity contribution is -0.388. The van der Waals surface area contributed by atoms with Crippen LogP contribution in [0.25, 0.3) is 0 Å². The van der Waals surface area contributed by atoms with Crippen molar-refractivity contribution < 1.29 is 50.8 Å². The SMILES string of the molecule is COC(C)OCc1ccc([N+](=O)[O-])c(C(F)(F)F)c1.O=[N+]([O-])c1ccc(O)cc1C(F)(F)F. The van der Waals surface area contributed by atoms with Crippen molar-refractivity contribution in [2.24, 2.45) is 0 Å². The number of benzene rings is 2. The first-order valence-electron chi connectivity index (χ1n) is 8.61. The maximum atomic E-state index is 12.7. The van der Waals surface area contributed by atoms with E-state index >= 15 is 0 Å². The van der Waals surface area contributed by atoms with Gasteiger partial charge in [0.2, 0.25) is 0 Å². The zero-order chi connectivity index (χ0) is 25.6. The van der Waals surface area contributed by atoms with E-state index in [1.54, 1.807) is 6.92 Å². The molecule has 0 fully saturated rings. The molecule has 2 rings (SSSR count). The number of aromatic hydroxyl groups is 1. The number of nitrogens with zero attached hydrogens (tertiary/aromatic N) is 2. The van der Waals surface area contributed by atoms with Gasteiger partial charge >= 0.3 is 12.4 Å². The number of nitro benzene ring substituents is 2. The van der Waals surface area contributed by atoms with Gasteiger partial charge in [0.05, 0.1) is 16.5 Å². The maximum Gasteiger partial charge on any atom is 0.423 e. The predicted octanol–water partition coefficient (Wildman–Crippen LogP) is 5.44. The molecule has 0 aliphatic heterocycles. The van der Waals surface area contributed by atoms with Crippen molar-refractivity contribution in [2.45, 2.75) is 32.2 Å². The molecule has 0 aliphatic carbocycles. The molecule has 0 spiro atoms. The van der Waals surface area contributed by atoms with Crippen LogP contribution >= 0.6 is 0 Å². The minimum atomic E-state index is -4.85. The number of hydrogen-bond acceptors (Lipinski definition) is 7. The predicted molar refractivity (Wildman–Crippen MR) is 99.1 cm³/mol. The van der Waals surface area contributed by atoms with Crippen molar-refractivity contribution in [1.29, 1.82) is 0 Å². The summed E-state index contributed by atoms with van der Waals surface area (Å²) in [5.74, 6) is -0.664. The van der Waals surface area contributed by atoms with Crippen molar-refractivity contribution in [1.82, 2.24) is 0 Å². The smallest absolute Gasteiger partial charge is 0.423 e. The van der Waals surface area contributed by atoms with Gasteiger partial charge in [-0.2, -0.15) is 26.3 Å². The average molecular weight is 486 g/mol. The number of ether oxygens (including phenoxy) is 2. The van der Waals surface area contributed by atoms with Gasteiger partial charge in [-0.25, -0.2) is 0 Å². The number of alkyl halides is 6. The molecule has 0 bridgehead atoms. The first kappa shape index (κ1) is 27.6. The third-order valence-corrected chi connectivity index (χ3v) is 3.86. The van der Waals surface area contributed by atoms with Crippen molar-refractivity contribution >= 4 is 11.4 Å². The molecule has 0 heterocycles. The van der Waals surface area contributed by atoms with Crippen LogP contribution < -0.4 is 0 Å². The number of hydrogen-bond donors (Lipinski definition) is 1. The molecule has 0 saturated heterocycles. The number of methoxy groups -OCH3 is 1. The third kappa shape index (κ3) is 8.19. The molecular weight excluding hydrogens is 470 g/mol. The van der Waals surface area contributed by atoms with E-state index in [1.807, 2.05) is 0 Å². The Morgan fingerprint density at radius 1 is 0.909 bits per heavy atom. The van der Waals surface area contributed by atoms with Gasteiger partial charge in [-0.1, -0.05) is 0 Å². The molecule has 2 aromatic carbocycles. The molecule has 1 unspecified atom stereocenters. The Kier molecular flexibility index (Phi) is 9.12. The lowest BCUT2D eigenvalue weighted by Crippen LogP contribution is -2.12. The van der Waals surface area contributed by atoms with Crippen LogP contribution in [0.15, 0.2) is 36.4 Å². The summed E-state index contributed by atoms with van der Waals surface area (Å²) in [5.41, 5.74) is -4.61. The van der Waals surface area contributed by atoms with Crippen molar-refractivity contribution in [3.63, 3.8) is 0 Å². The van der Waals surface area contributed by atoms with Crippen LogP contribution in [0.2, 0.25) is 0 Å². The van der Waals surface area contributed by atoms with Gasteiger partial charge in [-0.15, -0.1) is 0 Å². The fraction of sp³-hybridized carbons (Fsp3) is 0.333. The second-order valence-corrected chi connectivity index (χ2v) is 6.18. The molecule has 33 heavy (non-hydrogen) atoms. The maximum absolute atomic E-state index is 12.7. The molecule has 0 aromatic heterocycles. The highest BCUT2D eigenvalue weighted by molar-refractivity contribution is 5.46. The Morgan fingerprint density at radius 3 is 1.79 bits per heavy atom. The minimum absolute atomic E-state index is 0.129. The normalized spacial score (nSPS) is 12.5. The van der Waals surface area contributed by atoms with Crippen LogP contribution in [0, 0.1) is 20.2 Å². The van der Waals surface area contributed by atoms with Crippen LogP contribution in [0.4, 0.5) is 37.7 Å². The van der Waals surface area contributed by atoms with E-state index in [4.69, 9.17) is 14.6 Å². The molecule has 0 saturated carbocycles. The zero-order valence-electron chi connectivity index (χ0n) is 16.8. The molecule has 0 radical (unpaired) electrons. The van der Waals surface area contributed by atoms with E-state index < -0.39 is 56.7 Å². The zero-order valence-corrected chi connectivity index (χ0v) is 16.8. The fourth-order valence-corrected chi connectivity index (χ4v) is 2.25. The Balaban J connectivity index is 0.000000346. The largest absolute Gasteiger partial charge is 0.508 e. The van der Waals surface area contributed by atoms with Gasteiger partial charge in [-0.05, 0) is 36.8 Å². The standard InChI is InChI=1S/C11H12F3NO4.C7H4F3NO3/c1-7(18-2)19-6-8-3-4-10(15(16)17)9(5-8)11(12,13)14;8-7(9,10)5-3-4(12)1-2-6(5)11(13)14/h3-5,7H,6H2,1-2H3;1-3,12H. The van der Waals surface area contributed by atoms with Gasteiger partial charge in [0.25, 0.3) is 11.4 Å². The van der Waals surface area contributed by atoms with E-state index in [9.17, 15) is 46.6 Å². The Bertz CT molecular complexity index is 995. The summed E-state index contributed by atoms with van der Waals surface area (Å²) in [5, 5.41) is 29.5. The van der Waals surface area contributed by atoms with Crippen molar-refractivity contribution in [3.05, 3.63) is 73.3 Å². The molecule has 9 nitrogen and oxygen atoms in total. The molecular formula is C18H16F6N2O7. The molecule has 182 valence electrons. The summed E-state index contributed by atoms with van der Waals surface area (Å²) in [6.07, 6.45) is -10.2. The molecule has 0 aliphatic rings. The quantitative estimate of drug-likeness (QED) is 0.249. The van der Waals surface area contributed by atoms with Gasteiger partial charge in [0.15, 0.2) is 6.29 Å². The van der Waals surface area contributed by atoms with Crippen molar-refractivity contribution in [3.8, 4) is 5.75 Å². The van der Waals surface area contributed by atoms with E-state index in [-0.39, 0.29) is 12.2 Å². The van der Waals surface area contributed by atoms with E-state index in [2.05, 4.69) is 0 Å². The van der Waals surface area contributed by atoms with E-state index in [1.165, 1.54) is 13.2 Å². The molecule has 15 heteroatoms.